The van der Waals surface area contributed by atoms with E-state index in [0.29, 0.717) is 24.0 Å². The van der Waals surface area contributed by atoms with Crippen LogP contribution in [0.3, 0.4) is 0 Å². The third kappa shape index (κ3) is 4.32. The summed E-state index contributed by atoms with van der Waals surface area (Å²) in [4.78, 5) is 17.4. The summed E-state index contributed by atoms with van der Waals surface area (Å²) in [6, 6.07) is 15.5. The molecule has 0 atom stereocenters. The molecule has 0 fully saturated rings. The number of thiophene rings is 1. The van der Waals surface area contributed by atoms with Crippen molar-refractivity contribution in [1.29, 1.82) is 0 Å². The minimum Gasteiger partial charge on any atom is -0.493 e. The van der Waals surface area contributed by atoms with Crippen molar-refractivity contribution in [1.82, 2.24) is 0 Å². The maximum atomic E-state index is 12.2. The molecule has 1 aliphatic rings. The fourth-order valence-electron chi connectivity index (χ4n) is 2.96. The zero-order chi connectivity index (χ0) is 21.1. The van der Waals surface area contributed by atoms with Crippen LogP contribution in [0, 0.1) is 6.92 Å². The Kier molecular flexibility index (Phi) is 6.01. The van der Waals surface area contributed by atoms with E-state index in [1.165, 1.54) is 11.3 Å². The first-order chi connectivity index (χ1) is 14.5. The van der Waals surface area contributed by atoms with Gasteiger partial charge in [0.1, 0.15) is 6.61 Å². The average molecular weight is 484 g/mol. The molecule has 0 radical (unpaired) electrons. The number of aliphatic imine (C=N–C) groups is 1. The molecule has 7 heteroatoms. The molecule has 0 spiro atoms. The average Bonchev–Trinajstić information content (AvgIpc) is 3.38. The number of halogens is 1. The molecule has 1 aliphatic heterocycles. The van der Waals surface area contributed by atoms with Crippen LogP contribution >= 0.6 is 27.3 Å². The Morgan fingerprint density at radius 1 is 1.20 bits per heavy atom. The maximum absolute atomic E-state index is 12.2. The van der Waals surface area contributed by atoms with Crippen LogP contribution in [0.15, 0.2) is 69.1 Å². The Morgan fingerprint density at radius 3 is 2.77 bits per heavy atom. The molecule has 0 saturated heterocycles. The highest BCUT2D eigenvalue weighted by atomic mass is 79.9. The second-order valence-corrected chi connectivity index (χ2v) is 8.36. The number of aryl methyl sites for hydroxylation is 1. The lowest BCUT2D eigenvalue weighted by Gasteiger charge is -2.14. The summed E-state index contributed by atoms with van der Waals surface area (Å²) in [5, 5.41) is 1.91. The third-order valence-electron chi connectivity index (χ3n) is 4.54. The first-order valence-corrected chi connectivity index (χ1v) is 10.8. The fourth-order valence-corrected chi connectivity index (χ4v) is 4.18. The van der Waals surface area contributed by atoms with Gasteiger partial charge in [-0.2, -0.15) is 0 Å². The number of rotatable bonds is 6. The Hall–Kier alpha value is -2.90. The lowest BCUT2D eigenvalue weighted by Crippen LogP contribution is -2.03. The minimum absolute atomic E-state index is 0.237. The lowest BCUT2D eigenvalue weighted by molar-refractivity contribution is -0.129. The van der Waals surface area contributed by atoms with Crippen molar-refractivity contribution in [2.24, 2.45) is 4.99 Å². The summed E-state index contributed by atoms with van der Waals surface area (Å²) in [6.45, 7) is 2.47. The smallest absolute Gasteiger partial charge is 0.363 e. The SMILES string of the molecule is COc1cc(/C=C2/N=C(c3cccs3)OC2=O)cc(Br)c1OCc1ccccc1C. The quantitative estimate of drug-likeness (QED) is 0.330. The summed E-state index contributed by atoms with van der Waals surface area (Å²) in [5.74, 6) is 0.997. The Bertz CT molecular complexity index is 1150. The van der Waals surface area contributed by atoms with Gasteiger partial charge >= 0.3 is 5.97 Å². The summed E-state index contributed by atoms with van der Waals surface area (Å²) in [6.07, 6.45) is 1.67. The summed E-state index contributed by atoms with van der Waals surface area (Å²) >= 11 is 5.02. The normalized spacial score (nSPS) is 14.6. The van der Waals surface area contributed by atoms with E-state index < -0.39 is 5.97 Å². The van der Waals surface area contributed by atoms with Crippen LogP contribution in [0.2, 0.25) is 0 Å². The number of hydrogen-bond donors (Lipinski definition) is 0. The number of benzene rings is 2. The Morgan fingerprint density at radius 2 is 2.03 bits per heavy atom. The standard InChI is InChI=1S/C23H18BrNO4S/c1-14-6-3-4-7-16(14)13-28-21-17(24)10-15(12-19(21)27-2)11-18-23(26)29-22(25-18)20-8-5-9-30-20/h3-12H,13H2,1-2H3/b18-11+. The van der Waals surface area contributed by atoms with Crippen LogP contribution < -0.4 is 9.47 Å². The number of nitrogens with zero attached hydrogens (tertiary/aromatic N) is 1. The van der Waals surface area contributed by atoms with E-state index in [9.17, 15) is 4.79 Å². The summed E-state index contributed by atoms with van der Waals surface area (Å²) in [5.41, 5.74) is 3.24. The number of carbonyl (C=O) groups is 1. The Balaban J connectivity index is 1.60. The van der Waals surface area contributed by atoms with Crippen LogP contribution in [-0.4, -0.2) is 19.0 Å². The zero-order valence-electron chi connectivity index (χ0n) is 16.3. The lowest BCUT2D eigenvalue weighted by atomic mass is 10.1. The first kappa shape index (κ1) is 20.4. The number of ether oxygens (including phenoxy) is 3. The topological polar surface area (TPSA) is 57.1 Å². The van der Waals surface area contributed by atoms with E-state index in [1.807, 2.05) is 54.8 Å². The van der Waals surface area contributed by atoms with Crippen molar-refractivity contribution >= 4 is 45.2 Å². The van der Waals surface area contributed by atoms with Gasteiger partial charge in [0.15, 0.2) is 17.2 Å². The molecule has 3 aromatic rings. The second-order valence-electron chi connectivity index (χ2n) is 6.56. The maximum Gasteiger partial charge on any atom is 0.363 e. The largest absolute Gasteiger partial charge is 0.493 e. The van der Waals surface area contributed by atoms with Crippen molar-refractivity contribution in [3.8, 4) is 11.5 Å². The van der Waals surface area contributed by atoms with Crippen LogP contribution in [0.5, 0.6) is 11.5 Å². The second kappa shape index (κ2) is 8.85. The van der Waals surface area contributed by atoms with Crippen LogP contribution in [-0.2, 0) is 16.1 Å². The Labute approximate surface area is 186 Å². The molecule has 0 amide bonds. The predicted octanol–water partition coefficient (Wildman–Crippen LogP) is 5.75. The van der Waals surface area contributed by atoms with Crippen molar-refractivity contribution in [2.75, 3.05) is 7.11 Å². The molecule has 152 valence electrons. The summed E-state index contributed by atoms with van der Waals surface area (Å²) in [7, 11) is 1.58. The molecular weight excluding hydrogens is 466 g/mol. The van der Waals surface area contributed by atoms with Crippen LogP contribution in [0.25, 0.3) is 6.08 Å². The van der Waals surface area contributed by atoms with Gasteiger partial charge in [-0.05, 0) is 69.2 Å². The van der Waals surface area contributed by atoms with Gasteiger partial charge in [0.05, 0.1) is 16.5 Å². The molecule has 2 heterocycles. The third-order valence-corrected chi connectivity index (χ3v) is 5.99. The van der Waals surface area contributed by atoms with Gasteiger partial charge in [-0.25, -0.2) is 9.79 Å². The van der Waals surface area contributed by atoms with Crippen molar-refractivity contribution in [3.63, 3.8) is 0 Å². The van der Waals surface area contributed by atoms with Crippen molar-refractivity contribution < 1.29 is 19.0 Å². The molecule has 30 heavy (non-hydrogen) atoms. The van der Waals surface area contributed by atoms with Crippen LogP contribution in [0.1, 0.15) is 21.6 Å². The monoisotopic (exact) mass is 483 g/mol. The van der Waals surface area contributed by atoms with Gasteiger partial charge in [-0.3, -0.25) is 0 Å². The highest BCUT2D eigenvalue weighted by Crippen LogP contribution is 2.38. The number of esters is 1. The number of hydrogen-bond acceptors (Lipinski definition) is 6. The number of carbonyl (C=O) groups excluding carboxylic acids is 1. The van der Waals surface area contributed by atoms with E-state index in [-0.39, 0.29) is 5.70 Å². The van der Waals surface area contributed by atoms with Gasteiger partial charge in [0.2, 0.25) is 5.90 Å². The van der Waals surface area contributed by atoms with Gasteiger partial charge in [0.25, 0.3) is 0 Å². The molecule has 0 N–H and O–H groups in total. The molecular formula is C23H18BrNO4S. The highest BCUT2D eigenvalue weighted by Gasteiger charge is 2.25. The van der Waals surface area contributed by atoms with Crippen LogP contribution in [0.4, 0.5) is 0 Å². The molecule has 0 unspecified atom stereocenters. The van der Waals surface area contributed by atoms with Gasteiger partial charge in [0, 0.05) is 0 Å². The fraction of sp³-hybridized carbons (Fsp3) is 0.130. The van der Waals surface area contributed by atoms with E-state index in [4.69, 9.17) is 14.2 Å². The molecule has 2 aromatic carbocycles. The van der Waals surface area contributed by atoms with Gasteiger partial charge in [-0.1, -0.05) is 30.3 Å². The van der Waals surface area contributed by atoms with E-state index >= 15 is 0 Å². The molecule has 0 bridgehead atoms. The molecule has 5 nitrogen and oxygen atoms in total. The van der Waals surface area contributed by atoms with Crippen molar-refractivity contribution in [3.05, 3.63) is 85.6 Å². The van der Waals surface area contributed by atoms with E-state index in [2.05, 4.69) is 20.9 Å². The number of methoxy groups -OCH3 is 1. The molecule has 0 aliphatic carbocycles. The molecule has 1 aromatic heterocycles. The predicted molar refractivity (Wildman–Crippen MR) is 121 cm³/mol. The van der Waals surface area contributed by atoms with E-state index in [1.54, 1.807) is 19.3 Å². The first-order valence-electron chi connectivity index (χ1n) is 9.16. The van der Waals surface area contributed by atoms with Gasteiger partial charge < -0.3 is 14.2 Å². The number of cyclic esters (lactones) is 1. The molecule has 4 rings (SSSR count). The minimum atomic E-state index is -0.478. The van der Waals surface area contributed by atoms with Crippen molar-refractivity contribution in [2.45, 2.75) is 13.5 Å². The van der Waals surface area contributed by atoms with Gasteiger partial charge in [-0.15, -0.1) is 11.3 Å². The zero-order valence-corrected chi connectivity index (χ0v) is 18.7. The molecule has 0 saturated carbocycles. The summed E-state index contributed by atoms with van der Waals surface area (Å²) < 4.78 is 17.6. The van der Waals surface area contributed by atoms with E-state index in [0.717, 1.165) is 26.0 Å². The highest BCUT2D eigenvalue weighted by molar-refractivity contribution is 9.10.